The van der Waals surface area contributed by atoms with Crippen LogP contribution in [0.3, 0.4) is 0 Å². The van der Waals surface area contributed by atoms with Gasteiger partial charge in [-0.1, -0.05) is 23.2 Å². The molecule has 18 heavy (non-hydrogen) atoms. The molecule has 0 amide bonds. The van der Waals surface area contributed by atoms with Crippen molar-refractivity contribution in [2.45, 2.75) is 25.4 Å². The molecular weight excluding hydrogens is 269 g/mol. The summed E-state index contributed by atoms with van der Waals surface area (Å²) in [6.07, 6.45) is 5.82. The zero-order valence-corrected chi connectivity index (χ0v) is 12.4. The molecule has 0 N–H and O–H groups in total. The topological polar surface area (TPSA) is 19.4 Å². The van der Waals surface area contributed by atoms with E-state index >= 15 is 0 Å². The van der Waals surface area contributed by atoms with Crippen LogP contribution >= 0.6 is 23.2 Å². The summed E-state index contributed by atoms with van der Waals surface area (Å²) in [4.78, 5) is 8.70. The number of hydrogen-bond acceptors (Lipinski definition) is 3. The van der Waals surface area contributed by atoms with Crippen LogP contribution in [0, 0.1) is 0 Å². The van der Waals surface area contributed by atoms with Crippen molar-refractivity contribution in [3.8, 4) is 0 Å². The Balaban J connectivity index is 2.05. The number of piperidine rings is 1. The van der Waals surface area contributed by atoms with Crippen molar-refractivity contribution in [1.82, 2.24) is 14.8 Å². The van der Waals surface area contributed by atoms with Crippen molar-refractivity contribution >= 4 is 23.2 Å². The van der Waals surface area contributed by atoms with Crippen molar-refractivity contribution in [2.75, 3.05) is 27.2 Å². The number of rotatable bonds is 3. The van der Waals surface area contributed by atoms with E-state index in [1.54, 1.807) is 12.4 Å². The first kappa shape index (κ1) is 14.1. The van der Waals surface area contributed by atoms with Gasteiger partial charge in [0.05, 0.1) is 10.0 Å². The molecule has 2 rings (SSSR count). The molecule has 5 heteroatoms. The van der Waals surface area contributed by atoms with E-state index in [1.165, 1.54) is 12.8 Å². The summed E-state index contributed by atoms with van der Waals surface area (Å²) in [5.41, 5.74) is 0.993. The molecule has 2 heterocycles. The van der Waals surface area contributed by atoms with Crippen molar-refractivity contribution in [3.05, 3.63) is 28.0 Å². The Morgan fingerprint density at radius 3 is 2.61 bits per heavy atom. The molecule has 3 nitrogen and oxygen atoms in total. The van der Waals surface area contributed by atoms with Crippen LogP contribution in [0.15, 0.2) is 12.4 Å². The fraction of sp³-hybridized carbons (Fsp3) is 0.615. The van der Waals surface area contributed by atoms with Crippen LogP contribution in [0.2, 0.25) is 10.0 Å². The monoisotopic (exact) mass is 287 g/mol. The molecule has 0 spiro atoms. The highest BCUT2D eigenvalue weighted by molar-refractivity contribution is 6.35. The van der Waals surface area contributed by atoms with Gasteiger partial charge in [-0.2, -0.15) is 0 Å². The fourth-order valence-electron chi connectivity index (χ4n) is 2.41. The molecule has 1 aromatic heterocycles. The number of hydrogen-bond donors (Lipinski definition) is 0. The molecule has 0 aliphatic carbocycles. The van der Waals surface area contributed by atoms with E-state index in [-0.39, 0.29) is 0 Å². The van der Waals surface area contributed by atoms with Crippen LogP contribution in [0.1, 0.15) is 18.4 Å². The molecule has 1 aliphatic rings. The van der Waals surface area contributed by atoms with E-state index in [9.17, 15) is 0 Å². The lowest BCUT2D eigenvalue weighted by Crippen LogP contribution is -2.44. The minimum absolute atomic E-state index is 0.623. The van der Waals surface area contributed by atoms with Gasteiger partial charge in [0.2, 0.25) is 0 Å². The van der Waals surface area contributed by atoms with E-state index in [2.05, 4.69) is 28.9 Å². The van der Waals surface area contributed by atoms with Crippen LogP contribution in [0.4, 0.5) is 0 Å². The summed E-state index contributed by atoms with van der Waals surface area (Å²) in [5, 5.41) is 1.32. The van der Waals surface area contributed by atoms with Gasteiger partial charge < -0.3 is 4.90 Å². The maximum atomic E-state index is 6.16. The highest BCUT2D eigenvalue weighted by Crippen LogP contribution is 2.26. The molecule has 0 bridgehead atoms. The Kier molecular flexibility index (Phi) is 4.84. The highest BCUT2D eigenvalue weighted by atomic mass is 35.5. The van der Waals surface area contributed by atoms with Crippen molar-refractivity contribution in [1.29, 1.82) is 0 Å². The van der Waals surface area contributed by atoms with E-state index in [1.807, 2.05) is 0 Å². The van der Waals surface area contributed by atoms with E-state index < -0.39 is 0 Å². The number of pyridine rings is 1. The minimum atomic E-state index is 0.623. The maximum Gasteiger partial charge on any atom is 0.0649 e. The average molecular weight is 288 g/mol. The predicted octanol–water partition coefficient (Wildman–Crippen LogP) is 2.91. The Morgan fingerprint density at radius 1 is 1.33 bits per heavy atom. The van der Waals surface area contributed by atoms with Crippen LogP contribution in [-0.2, 0) is 6.54 Å². The third kappa shape index (κ3) is 3.35. The maximum absolute atomic E-state index is 6.16. The smallest absolute Gasteiger partial charge is 0.0649 e. The molecule has 100 valence electrons. The third-order valence-corrected chi connectivity index (χ3v) is 4.20. The summed E-state index contributed by atoms with van der Waals surface area (Å²) in [5.74, 6) is 0. The Hall–Kier alpha value is -0.350. The van der Waals surface area contributed by atoms with Gasteiger partial charge in [0.15, 0.2) is 0 Å². The van der Waals surface area contributed by atoms with Gasteiger partial charge in [-0.3, -0.25) is 9.88 Å². The van der Waals surface area contributed by atoms with Gasteiger partial charge in [0.25, 0.3) is 0 Å². The first-order valence-corrected chi connectivity index (χ1v) is 7.00. The highest BCUT2D eigenvalue weighted by Gasteiger charge is 2.22. The molecule has 1 unspecified atom stereocenters. The number of likely N-dealkylation sites (N-methyl/N-ethyl adjacent to an activating group) is 1. The van der Waals surface area contributed by atoms with Crippen LogP contribution < -0.4 is 0 Å². The number of nitrogens with zero attached hydrogens (tertiary/aromatic N) is 3. The summed E-state index contributed by atoms with van der Waals surface area (Å²) in [6, 6.07) is 0.623. The number of likely N-dealkylation sites (tertiary alicyclic amines) is 1. The number of aromatic nitrogens is 1. The standard InChI is InChI=1S/C13H19Cl2N3/c1-17(2)10-4-3-5-18(8-10)9-11-12(14)6-16-7-13(11)15/h6-7,10H,3-5,8-9H2,1-2H3. The van der Waals surface area contributed by atoms with E-state index in [4.69, 9.17) is 23.2 Å². The van der Waals surface area contributed by atoms with Crippen LogP contribution in [0.25, 0.3) is 0 Å². The molecule has 1 aliphatic heterocycles. The molecule has 0 saturated carbocycles. The SMILES string of the molecule is CN(C)C1CCCN(Cc2c(Cl)cncc2Cl)C1. The average Bonchev–Trinajstić information content (AvgIpc) is 2.34. The lowest BCUT2D eigenvalue weighted by Gasteiger charge is -2.36. The second kappa shape index (κ2) is 6.20. The van der Waals surface area contributed by atoms with Crippen molar-refractivity contribution < 1.29 is 0 Å². The summed E-state index contributed by atoms with van der Waals surface area (Å²) in [7, 11) is 4.28. The predicted molar refractivity (Wildman–Crippen MR) is 76.2 cm³/mol. The second-order valence-corrected chi connectivity index (χ2v) is 5.89. The molecule has 0 radical (unpaired) electrons. The molecule has 0 aromatic carbocycles. The first-order valence-electron chi connectivity index (χ1n) is 6.24. The van der Waals surface area contributed by atoms with E-state index in [0.29, 0.717) is 16.1 Å². The Bertz CT molecular complexity index is 389. The van der Waals surface area contributed by atoms with Crippen LogP contribution in [0.5, 0.6) is 0 Å². The molecule has 1 saturated heterocycles. The zero-order chi connectivity index (χ0) is 13.1. The number of halogens is 2. The molecule has 1 fully saturated rings. The van der Waals surface area contributed by atoms with Gasteiger partial charge in [0, 0.05) is 37.1 Å². The molecule has 1 aromatic rings. The molecule has 1 atom stereocenters. The summed E-state index contributed by atoms with van der Waals surface area (Å²) < 4.78 is 0. The van der Waals surface area contributed by atoms with Gasteiger partial charge >= 0.3 is 0 Å². The van der Waals surface area contributed by atoms with Crippen LogP contribution in [-0.4, -0.2) is 48.0 Å². The van der Waals surface area contributed by atoms with Gasteiger partial charge in [-0.25, -0.2) is 0 Å². The Labute approximate surface area is 119 Å². The van der Waals surface area contributed by atoms with E-state index in [0.717, 1.165) is 25.2 Å². The first-order chi connectivity index (χ1) is 8.58. The normalized spacial score (nSPS) is 21.5. The van der Waals surface area contributed by atoms with Crippen molar-refractivity contribution in [3.63, 3.8) is 0 Å². The summed E-state index contributed by atoms with van der Waals surface area (Å²) in [6.45, 7) is 2.99. The van der Waals surface area contributed by atoms with Gasteiger partial charge in [-0.15, -0.1) is 0 Å². The lowest BCUT2D eigenvalue weighted by molar-refractivity contribution is 0.128. The largest absolute Gasteiger partial charge is 0.305 e. The Morgan fingerprint density at radius 2 is 2.00 bits per heavy atom. The van der Waals surface area contributed by atoms with Gasteiger partial charge in [-0.05, 0) is 33.5 Å². The quantitative estimate of drug-likeness (QED) is 0.852. The summed E-state index contributed by atoms with van der Waals surface area (Å²) >= 11 is 12.3. The fourth-order valence-corrected chi connectivity index (χ4v) is 2.89. The zero-order valence-electron chi connectivity index (χ0n) is 10.9. The van der Waals surface area contributed by atoms with Crippen molar-refractivity contribution in [2.24, 2.45) is 0 Å². The third-order valence-electron chi connectivity index (χ3n) is 3.54. The minimum Gasteiger partial charge on any atom is -0.305 e. The van der Waals surface area contributed by atoms with Gasteiger partial charge in [0.1, 0.15) is 0 Å². The second-order valence-electron chi connectivity index (χ2n) is 5.08. The lowest BCUT2D eigenvalue weighted by atomic mass is 10.0. The molecular formula is C13H19Cl2N3.